The molecule has 0 saturated carbocycles. The molecule has 0 aromatic heterocycles. The van der Waals surface area contributed by atoms with Crippen LogP contribution in [0, 0.1) is 0 Å². The van der Waals surface area contributed by atoms with E-state index in [2.05, 4.69) is 22.2 Å². The Balaban J connectivity index is 2.69. The molecule has 1 fully saturated rings. The molecule has 3 amide bonds. The SMILES string of the molecule is C=C/C=N\C=C(/N)C1NC(=O)NC1=O. The predicted octanol–water partition coefficient (Wildman–Crippen LogP) is -0.749. The van der Waals surface area contributed by atoms with Crippen LogP contribution in [0.5, 0.6) is 0 Å². The second-order valence-corrected chi connectivity index (χ2v) is 2.56. The number of hydrogen-bond donors (Lipinski definition) is 3. The molecular formula is C8H10N4O2. The summed E-state index contributed by atoms with van der Waals surface area (Å²) in [4.78, 5) is 25.5. The van der Waals surface area contributed by atoms with E-state index >= 15 is 0 Å². The van der Waals surface area contributed by atoms with Crippen molar-refractivity contribution in [1.29, 1.82) is 0 Å². The van der Waals surface area contributed by atoms with E-state index in [9.17, 15) is 9.59 Å². The van der Waals surface area contributed by atoms with E-state index in [0.29, 0.717) is 0 Å². The lowest BCUT2D eigenvalue weighted by atomic mass is 10.2. The number of carbonyl (C=O) groups excluding carboxylic acids is 2. The van der Waals surface area contributed by atoms with Crippen molar-refractivity contribution < 1.29 is 9.59 Å². The lowest BCUT2D eigenvalue weighted by Crippen LogP contribution is -2.34. The summed E-state index contributed by atoms with van der Waals surface area (Å²) < 4.78 is 0. The number of amides is 3. The predicted molar refractivity (Wildman–Crippen MR) is 51.4 cm³/mol. The average molecular weight is 194 g/mol. The van der Waals surface area contributed by atoms with Gasteiger partial charge in [-0.15, -0.1) is 0 Å². The monoisotopic (exact) mass is 194 g/mol. The number of aliphatic imine (C=N–C) groups is 1. The minimum absolute atomic E-state index is 0.173. The van der Waals surface area contributed by atoms with Gasteiger partial charge < -0.3 is 11.1 Å². The Morgan fingerprint density at radius 3 is 2.79 bits per heavy atom. The van der Waals surface area contributed by atoms with Gasteiger partial charge in [-0.05, 0) is 0 Å². The van der Waals surface area contributed by atoms with Crippen molar-refractivity contribution in [2.75, 3.05) is 0 Å². The zero-order chi connectivity index (χ0) is 10.6. The van der Waals surface area contributed by atoms with Gasteiger partial charge in [-0.25, -0.2) is 4.79 Å². The van der Waals surface area contributed by atoms with Gasteiger partial charge in [0, 0.05) is 12.4 Å². The first-order valence-corrected chi connectivity index (χ1v) is 3.86. The first-order valence-electron chi connectivity index (χ1n) is 3.86. The Hall–Kier alpha value is -2.11. The van der Waals surface area contributed by atoms with E-state index in [1.807, 2.05) is 0 Å². The van der Waals surface area contributed by atoms with Crippen molar-refractivity contribution in [1.82, 2.24) is 10.6 Å². The maximum absolute atomic E-state index is 11.1. The molecule has 0 aliphatic carbocycles. The molecular weight excluding hydrogens is 184 g/mol. The largest absolute Gasteiger partial charge is 0.399 e. The molecule has 1 unspecified atom stereocenters. The van der Waals surface area contributed by atoms with Gasteiger partial charge in [0.05, 0.1) is 5.70 Å². The summed E-state index contributed by atoms with van der Waals surface area (Å²) in [5.41, 5.74) is 5.68. The number of hydrogen-bond acceptors (Lipinski definition) is 4. The molecule has 0 aromatic carbocycles. The molecule has 4 N–H and O–H groups in total. The fraction of sp³-hybridized carbons (Fsp3) is 0.125. The molecule has 74 valence electrons. The van der Waals surface area contributed by atoms with Crippen LogP contribution in [0.25, 0.3) is 0 Å². The number of nitrogens with two attached hydrogens (primary N) is 1. The van der Waals surface area contributed by atoms with Crippen LogP contribution in [0.15, 0.2) is 29.5 Å². The number of carbonyl (C=O) groups is 2. The third-order valence-electron chi connectivity index (χ3n) is 1.52. The van der Waals surface area contributed by atoms with Crippen LogP contribution >= 0.6 is 0 Å². The van der Waals surface area contributed by atoms with Crippen LogP contribution in [-0.4, -0.2) is 24.2 Å². The molecule has 1 rings (SSSR count). The zero-order valence-electron chi connectivity index (χ0n) is 7.36. The van der Waals surface area contributed by atoms with Crippen LogP contribution in [0.4, 0.5) is 4.79 Å². The van der Waals surface area contributed by atoms with Crippen LogP contribution < -0.4 is 16.4 Å². The highest BCUT2D eigenvalue weighted by molar-refractivity contribution is 6.05. The number of rotatable bonds is 3. The van der Waals surface area contributed by atoms with E-state index in [-0.39, 0.29) is 5.70 Å². The molecule has 6 nitrogen and oxygen atoms in total. The lowest BCUT2D eigenvalue weighted by Gasteiger charge is -2.04. The second kappa shape index (κ2) is 4.22. The maximum atomic E-state index is 11.1. The Labute approximate surface area is 80.6 Å². The van der Waals surface area contributed by atoms with Crippen molar-refractivity contribution in [3.8, 4) is 0 Å². The topological polar surface area (TPSA) is 96.6 Å². The van der Waals surface area contributed by atoms with Gasteiger partial charge in [-0.1, -0.05) is 12.7 Å². The molecule has 0 radical (unpaired) electrons. The quantitative estimate of drug-likeness (QED) is 0.407. The van der Waals surface area contributed by atoms with Gasteiger partial charge in [-0.3, -0.25) is 15.1 Å². The summed E-state index contributed by atoms with van der Waals surface area (Å²) in [6.07, 6.45) is 4.18. The van der Waals surface area contributed by atoms with E-state index in [4.69, 9.17) is 5.73 Å². The van der Waals surface area contributed by atoms with Crippen LogP contribution in [-0.2, 0) is 4.79 Å². The van der Waals surface area contributed by atoms with E-state index < -0.39 is 18.0 Å². The highest BCUT2D eigenvalue weighted by Crippen LogP contribution is 2.00. The van der Waals surface area contributed by atoms with Gasteiger partial charge in [0.15, 0.2) is 6.04 Å². The highest BCUT2D eigenvalue weighted by Gasteiger charge is 2.31. The normalized spacial score (nSPS) is 22.3. The Bertz CT molecular complexity index is 332. The molecule has 1 atom stereocenters. The van der Waals surface area contributed by atoms with Crippen LogP contribution in [0.3, 0.4) is 0 Å². The van der Waals surface area contributed by atoms with Gasteiger partial charge in [0.2, 0.25) is 0 Å². The van der Waals surface area contributed by atoms with Crippen molar-refractivity contribution >= 4 is 18.2 Å². The smallest absolute Gasteiger partial charge is 0.322 e. The standard InChI is InChI=1S/C8H10N4O2/c1-2-3-10-4-5(9)6-7(13)12-8(14)11-6/h2-4,6H,1,9H2,(H2,11,12,13,14)/b5-4-,10-3-. The number of imide groups is 1. The Kier molecular flexibility index (Phi) is 3.01. The number of nitrogens with one attached hydrogen (secondary N) is 2. The molecule has 0 bridgehead atoms. The van der Waals surface area contributed by atoms with Crippen molar-refractivity contribution in [2.24, 2.45) is 10.7 Å². The van der Waals surface area contributed by atoms with E-state index in [0.717, 1.165) is 0 Å². The highest BCUT2D eigenvalue weighted by atomic mass is 16.2. The summed E-state index contributed by atoms with van der Waals surface area (Å²) in [6, 6.07) is -1.38. The zero-order valence-corrected chi connectivity index (χ0v) is 7.36. The summed E-state index contributed by atoms with van der Waals surface area (Å²) in [5, 5.41) is 4.39. The molecule has 1 saturated heterocycles. The summed E-state index contributed by atoms with van der Waals surface area (Å²) in [6.45, 7) is 3.41. The number of nitrogens with zero attached hydrogens (tertiary/aromatic N) is 1. The maximum Gasteiger partial charge on any atom is 0.322 e. The third-order valence-corrected chi connectivity index (χ3v) is 1.52. The number of urea groups is 1. The van der Waals surface area contributed by atoms with E-state index in [1.165, 1.54) is 18.5 Å². The van der Waals surface area contributed by atoms with Crippen molar-refractivity contribution in [3.05, 3.63) is 24.6 Å². The molecule has 0 spiro atoms. The van der Waals surface area contributed by atoms with Gasteiger partial charge in [-0.2, -0.15) is 0 Å². The van der Waals surface area contributed by atoms with Gasteiger partial charge in [0.25, 0.3) is 5.91 Å². The minimum atomic E-state index is -0.829. The van der Waals surface area contributed by atoms with Gasteiger partial charge in [0.1, 0.15) is 0 Å². The van der Waals surface area contributed by atoms with Gasteiger partial charge >= 0.3 is 6.03 Å². The van der Waals surface area contributed by atoms with Crippen molar-refractivity contribution in [2.45, 2.75) is 6.04 Å². The first kappa shape index (κ1) is 9.97. The molecule has 1 heterocycles. The summed E-state index contributed by atoms with van der Waals surface area (Å²) >= 11 is 0. The Morgan fingerprint density at radius 2 is 2.29 bits per heavy atom. The molecule has 6 heteroatoms. The molecule has 1 aliphatic rings. The minimum Gasteiger partial charge on any atom is -0.399 e. The second-order valence-electron chi connectivity index (χ2n) is 2.56. The molecule has 14 heavy (non-hydrogen) atoms. The summed E-state index contributed by atoms with van der Waals surface area (Å²) in [5.74, 6) is -0.474. The lowest BCUT2D eigenvalue weighted by molar-refractivity contribution is -0.119. The van der Waals surface area contributed by atoms with Crippen LogP contribution in [0.2, 0.25) is 0 Å². The molecule has 0 aromatic rings. The van der Waals surface area contributed by atoms with Crippen LogP contribution in [0.1, 0.15) is 0 Å². The fourth-order valence-corrected chi connectivity index (χ4v) is 0.916. The fourth-order valence-electron chi connectivity index (χ4n) is 0.916. The number of allylic oxidation sites excluding steroid dienone is 1. The first-order chi connectivity index (χ1) is 6.65. The van der Waals surface area contributed by atoms with E-state index in [1.54, 1.807) is 0 Å². The molecule has 1 aliphatic heterocycles. The van der Waals surface area contributed by atoms with Crippen molar-refractivity contribution in [3.63, 3.8) is 0 Å². The Morgan fingerprint density at radius 1 is 1.57 bits per heavy atom. The third kappa shape index (κ3) is 2.19. The summed E-state index contributed by atoms with van der Waals surface area (Å²) in [7, 11) is 0. The average Bonchev–Trinajstić information content (AvgIpc) is 2.45.